The summed E-state index contributed by atoms with van der Waals surface area (Å²) in [6, 6.07) is 4.55. The van der Waals surface area contributed by atoms with E-state index < -0.39 is 20.8 Å². The SMILES string of the molecule is CCS(=O)(=O)c1ncc(C(=O)c2cc(Cl)ccc2OC)c(N)n1. The lowest BCUT2D eigenvalue weighted by Crippen LogP contribution is -2.14. The molecule has 0 spiro atoms. The normalized spacial score (nSPS) is 11.3. The lowest BCUT2D eigenvalue weighted by atomic mass is 10.0. The number of nitrogens with two attached hydrogens (primary N) is 1. The molecule has 0 atom stereocenters. The number of nitrogens with zero attached hydrogens (tertiary/aromatic N) is 2. The van der Waals surface area contributed by atoms with E-state index in [1.165, 1.54) is 20.1 Å². The Kier molecular flexibility index (Phi) is 4.86. The highest BCUT2D eigenvalue weighted by Gasteiger charge is 2.22. The number of hydrogen-bond donors (Lipinski definition) is 1. The lowest BCUT2D eigenvalue weighted by Gasteiger charge is -2.10. The quantitative estimate of drug-likeness (QED) is 0.642. The Bertz CT molecular complexity index is 868. The number of methoxy groups -OCH3 is 1. The van der Waals surface area contributed by atoms with Crippen molar-refractivity contribution < 1.29 is 17.9 Å². The summed E-state index contributed by atoms with van der Waals surface area (Å²) >= 11 is 5.90. The molecule has 0 saturated heterocycles. The van der Waals surface area contributed by atoms with Crippen molar-refractivity contribution in [1.82, 2.24) is 9.97 Å². The van der Waals surface area contributed by atoms with E-state index in [2.05, 4.69) is 9.97 Å². The van der Waals surface area contributed by atoms with Gasteiger partial charge in [-0.2, -0.15) is 0 Å². The molecule has 1 aromatic heterocycles. The largest absolute Gasteiger partial charge is 0.496 e. The van der Waals surface area contributed by atoms with Crippen molar-refractivity contribution in [2.24, 2.45) is 0 Å². The van der Waals surface area contributed by atoms with Crippen LogP contribution in [0.2, 0.25) is 5.02 Å². The van der Waals surface area contributed by atoms with E-state index in [0.717, 1.165) is 6.20 Å². The van der Waals surface area contributed by atoms with Crippen LogP contribution in [-0.4, -0.2) is 37.0 Å². The minimum atomic E-state index is -3.61. The standard InChI is InChI=1S/C14H14ClN3O4S/c1-3-23(20,21)14-17-7-10(13(16)18-14)12(19)9-6-8(15)4-5-11(9)22-2/h4-7H,3H2,1-2H3,(H2,16,17,18). The van der Waals surface area contributed by atoms with Gasteiger partial charge in [0, 0.05) is 11.2 Å². The molecule has 0 aliphatic heterocycles. The summed E-state index contributed by atoms with van der Waals surface area (Å²) in [5.74, 6) is -0.590. The summed E-state index contributed by atoms with van der Waals surface area (Å²) in [6.45, 7) is 1.46. The van der Waals surface area contributed by atoms with E-state index >= 15 is 0 Å². The molecule has 2 N–H and O–H groups in total. The summed E-state index contributed by atoms with van der Waals surface area (Å²) < 4.78 is 28.6. The number of nitrogen functional groups attached to an aromatic ring is 1. The highest BCUT2D eigenvalue weighted by molar-refractivity contribution is 7.91. The van der Waals surface area contributed by atoms with Gasteiger partial charge in [-0.15, -0.1) is 0 Å². The molecule has 23 heavy (non-hydrogen) atoms. The molecule has 122 valence electrons. The Hall–Kier alpha value is -2.19. The summed E-state index contributed by atoms with van der Waals surface area (Å²) in [4.78, 5) is 20.0. The van der Waals surface area contributed by atoms with Crippen LogP contribution in [0.4, 0.5) is 5.82 Å². The number of halogens is 1. The number of carbonyl (C=O) groups is 1. The maximum absolute atomic E-state index is 12.6. The van der Waals surface area contributed by atoms with Gasteiger partial charge in [-0.1, -0.05) is 18.5 Å². The number of aromatic nitrogens is 2. The Balaban J connectivity index is 2.51. The maximum Gasteiger partial charge on any atom is 0.249 e. The second-order valence-electron chi connectivity index (χ2n) is 4.53. The van der Waals surface area contributed by atoms with Crippen LogP contribution in [0, 0.1) is 0 Å². The Morgan fingerprint density at radius 3 is 2.61 bits per heavy atom. The molecule has 0 amide bonds. The number of anilines is 1. The van der Waals surface area contributed by atoms with Crippen LogP contribution >= 0.6 is 11.6 Å². The van der Waals surface area contributed by atoms with Gasteiger partial charge in [0.1, 0.15) is 11.6 Å². The van der Waals surface area contributed by atoms with Crippen LogP contribution in [0.3, 0.4) is 0 Å². The number of ether oxygens (including phenoxy) is 1. The van der Waals surface area contributed by atoms with Crippen LogP contribution in [-0.2, 0) is 9.84 Å². The molecule has 0 bridgehead atoms. The summed E-state index contributed by atoms with van der Waals surface area (Å²) in [6.07, 6.45) is 1.09. The van der Waals surface area contributed by atoms with Crippen molar-refractivity contribution in [1.29, 1.82) is 0 Å². The van der Waals surface area contributed by atoms with Crippen molar-refractivity contribution in [3.63, 3.8) is 0 Å². The fourth-order valence-corrected chi connectivity index (χ4v) is 2.72. The molecule has 2 rings (SSSR count). The third-order valence-corrected chi connectivity index (χ3v) is 4.85. The number of carbonyl (C=O) groups excluding carboxylic acids is 1. The average Bonchev–Trinajstić information content (AvgIpc) is 2.54. The van der Waals surface area contributed by atoms with E-state index in [9.17, 15) is 13.2 Å². The first kappa shape index (κ1) is 17.2. The first-order valence-corrected chi connectivity index (χ1v) is 8.56. The maximum atomic E-state index is 12.6. The highest BCUT2D eigenvalue weighted by atomic mass is 35.5. The highest BCUT2D eigenvalue weighted by Crippen LogP contribution is 2.26. The van der Waals surface area contributed by atoms with Gasteiger partial charge in [-0.25, -0.2) is 18.4 Å². The van der Waals surface area contributed by atoms with Crippen molar-refractivity contribution in [3.8, 4) is 5.75 Å². The predicted molar refractivity (Wildman–Crippen MR) is 85.6 cm³/mol. The zero-order valence-electron chi connectivity index (χ0n) is 12.4. The molecule has 0 aliphatic carbocycles. The monoisotopic (exact) mass is 355 g/mol. The zero-order valence-corrected chi connectivity index (χ0v) is 14.0. The molecule has 0 aliphatic rings. The molecular formula is C14H14ClN3O4S. The Morgan fingerprint density at radius 1 is 1.35 bits per heavy atom. The van der Waals surface area contributed by atoms with E-state index in [-0.39, 0.29) is 22.7 Å². The Labute approximate surface area is 138 Å². The van der Waals surface area contributed by atoms with Crippen LogP contribution < -0.4 is 10.5 Å². The molecule has 0 radical (unpaired) electrons. The van der Waals surface area contributed by atoms with Crippen LogP contribution in [0.15, 0.2) is 29.6 Å². The van der Waals surface area contributed by atoms with Crippen LogP contribution in [0.25, 0.3) is 0 Å². The van der Waals surface area contributed by atoms with Crippen molar-refractivity contribution >= 4 is 33.0 Å². The minimum Gasteiger partial charge on any atom is -0.496 e. The van der Waals surface area contributed by atoms with Gasteiger partial charge in [-0.05, 0) is 18.2 Å². The first-order valence-electron chi connectivity index (χ1n) is 6.53. The minimum absolute atomic E-state index is 0.0272. The van der Waals surface area contributed by atoms with Crippen molar-refractivity contribution in [3.05, 3.63) is 40.5 Å². The number of hydrogen-bond acceptors (Lipinski definition) is 7. The third-order valence-electron chi connectivity index (χ3n) is 3.11. The van der Waals surface area contributed by atoms with Gasteiger partial charge in [0.05, 0.1) is 24.0 Å². The second kappa shape index (κ2) is 6.51. The van der Waals surface area contributed by atoms with Gasteiger partial charge < -0.3 is 10.5 Å². The van der Waals surface area contributed by atoms with Gasteiger partial charge >= 0.3 is 0 Å². The van der Waals surface area contributed by atoms with Gasteiger partial charge in [0.2, 0.25) is 20.8 Å². The van der Waals surface area contributed by atoms with Crippen LogP contribution in [0.1, 0.15) is 22.8 Å². The molecule has 7 nitrogen and oxygen atoms in total. The molecule has 1 aromatic carbocycles. The van der Waals surface area contributed by atoms with Crippen molar-refractivity contribution in [2.45, 2.75) is 12.1 Å². The fourth-order valence-electron chi connectivity index (χ4n) is 1.83. The molecule has 0 saturated carbocycles. The topological polar surface area (TPSA) is 112 Å². The predicted octanol–water partition coefficient (Wildman–Crippen LogP) is 1.75. The number of sulfone groups is 1. The lowest BCUT2D eigenvalue weighted by molar-refractivity contribution is 0.103. The summed E-state index contributed by atoms with van der Waals surface area (Å²) in [5.41, 5.74) is 5.89. The summed E-state index contributed by atoms with van der Waals surface area (Å²) in [7, 11) is -2.19. The molecule has 0 unspecified atom stereocenters. The first-order chi connectivity index (χ1) is 10.8. The molecule has 2 aromatic rings. The average molecular weight is 356 g/mol. The van der Waals surface area contributed by atoms with Crippen molar-refractivity contribution in [2.75, 3.05) is 18.6 Å². The zero-order chi connectivity index (χ0) is 17.2. The molecule has 9 heteroatoms. The van der Waals surface area contributed by atoms with Gasteiger partial charge in [0.15, 0.2) is 0 Å². The van der Waals surface area contributed by atoms with Gasteiger partial charge in [0.25, 0.3) is 0 Å². The van der Waals surface area contributed by atoms with Gasteiger partial charge in [-0.3, -0.25) is 4.79 Å². The van der Waals surface area contributed by atoms with E-state index in [1.807, 2.05) is 0 Å². The van der Waals surface area contributed by atoms with E-state index in [4.69, 9.17) is 22.1 Å². The number of ketones is 1. The van der Waals surface area contributed by atoms with E-state index in [0.29, 0.717) is 10.8 Å². The smallest absolute Gasteiger partial charge is 0.249 e. The van der Waals surface area contributed by atoms with E-state index in [1.54, 1.807) is 12.1 Å². The molecule has 0 fully saturated rings. The number of benzene rings is 1. The molecule has 1 heterocycles. The summed E-state index contributed by atoms with van der Waals surface area (Å²) in [5, 5.41) is -0.0640. The van der Waals surface area contributed by atoms with Crippen LogP contribution in [0.5, 0.6) is 5.75 Å². The second-order valence-corrected chi connectivity index (χ2v) is 7.14. The molecular weight excluding hydrogens is 342 g/mol. The Morgan fingerprint density at radius 2 is 2.04 bits per heavy atom. The number of rotatable bonds is 5. The fraction of sp³-hybridized carbons (Fsp3) is 0.214. The third kappa shape index (κ3) is 3.43.